The van der Waals surface area contributed by atoms with E-state index in [1.807, 2.05) is 24.3 Å². The number of fused-ring (bicyclic) bond motifs is 1. The van der Waals surface area contributed by atoms with Crippen molar-refractivity contribution in [3.05, 3.63) is 88.8 Å². The molecule has 148 valence electrons. The van der Waals surface area contributed by atoms with Crippen molar-refractivity contribution in [3.8, 4) is 5.75 Å². The number of carbonyl (C=O) groups excluding carboxylic acids is 1. The minimum absolute atomic E-state index is 0.0632. The number of aromatic nitrogens is 2. The second kappa shape index (κ2) is 8.36. The molecule has 1 amide bonds. The second-order valence-corrected chi connectivity index (χ2v) is 7.05. The van der Waals surface area contributed by atoms with Gasteiger partial charge < -0.3 is 10.5 Å². The van der Waals surface area contributed by atoms with Crippen molar-refractivity contribution >= 4 is 5.91 Å². The van der Waals surface area contributed by atoms with Crippen LogP contribution in [0.25, 0.3) is 0 Å². The van der Waals surface area contributed by atoms with Crippen LogP contribution in [0.15, 0.2) is 54.7 Å². The Kier molecular flexibility index (Phi) is 5.48. The smallest absolute Gasteiger partial charge is 0.286 e. The molecule has 0 bridgehead atoms. The van der Waals surface area contributed by atoms with Gasteiger partial charge in [0, 0.05) is 25.8 Å². The van der Waals surface area contributed by atoms with E-state index < -0.39 is 5.91 Å². The Morgan fingerprint density at radius 3 is 2.55 bits per heavy atom. The van der Waals surface area contributed by atoms with Crippen molar-refractivity contribution in [3.63, 3.8) is 0 Å². The topological polar surface area (TPSA) is 81.3 Å². The SMILES string of the molecule is NC(=O)c1ncc2c(n1)CN(Cc1ccc(OCc3ccc(F)cc3)cc1)CC2. The van der Waals surface area contributed by atoms with Crippen LogP contribution >= 0.6 is 0 Å². The summed E-state index contributed by atoms with van der Waals surface area (Å²) < 4.78 is 18.7. The van der Waals surface area contributed by atoms with E-state index in [2.05, 4.69) is 14.9 Å². The Labute approximate surface area is 168 Å². The molecular weight excluding hydrogens is 371 g/mol. The fourth-order valence-electron chi connectivity index (χ4n) is 3.31. The van der Waals surface area contributed by atoms with Crippen LogP contribution in [0.2, 0.25) is 0 Å². The molecule has 3 aromatic rings. The van der Waals surface area contributed by atoms with Crippen LogP contribution in [-0.2, 0) is 26.1 Å². The monoisotopic (exact) mass is 392 g/mol. The molecule has 2 heterocycles. The highest BCUT2D eigenvalue weighted by Gasteiger charge is 2.19. The molecule has 1 aromatic heterocycles. The third kappa shape index (κ3) is 4.75. The standard InChI is InChI=1S/C22H21FN4O2/c23-18-5-1-16(2-6-18)14-29-19-7-3-15(4-8-19)12-27-10-9-17-11-25-22(21(24)28)26-20(17)13-27/h1-8,11H,9-10,12-14H2,(H2,24,28). The van der Waals surface area contributed by atoms with Gasteiger partial charge in [0.05, 0.1) is 5.69 Å². The first-order valence-corrected chi connectivity index (χ1v) is 9.40. The summed E-state index contributed by atoms with van der Waals surface area (Å²) in [7, 11) is 0. The lowest BCUT2D eigenvalue weighted by Crippen LogP contribution is -2.32. The molecule has 0 fully saturated rings. The molecule has 1 aliphatic heterocycles. The first-order chi connectivity index (χ1) is 14.1. The fraction of sp³-hybridized carbons (Fsp3) is 0.227. The van der Waals surface area contributed by atoms with Crippen molar-refractivity contribution in [2.45, 2.75) is 26.1 Å². The van der Waals surface area contributed by atoms with Crippen LogP contribution in [0, 0.1) is 5.82 Å². The number of carbonyl (C=O) groups is 1. The molecule has 29 heavy (non-hydrogen) atoms. The lowest BCUT2D eigenvalue weighted by atomic mass is 10.1. The second-order valence-electron chi connectivity index (χ2n) is 7.05. The molecule has 0 aliphatic carbocycles. The lowest BCUT2D eigenvalue weighted by molar-refractivity contribution is 0.0989. The number of amides is 1. The molecule has 7 heteroatoms. The van der Waals surface area contributed by atoms with E-state index in [4.69, 9.17) is 10.5 Å². The summed E-state index contributed by atoms with van der Waals surface area (Å²) in [5, 5.41) is 0. The number of ether oxygens (including phenoxy) is 1. The zero-order valence-electron chi connectivity index (χ0n) is 15.8. The number of nitrogens with zero attached hydrogens (tertiary/aromatic N) is 3. The first-order valence-electron chi connectivity index (χ1n) is 9.40. The van der Waals surface area contributed by atoms with Gasteiger partial charge in [0.25, 0.3) is 5.91 Å². The normalized spacial score (nSPS) is 13.7. The molecule has 1 aliphatic rings. The summed E-state index contributed by atoms with van der Waals surface area (Å²) in [6, 6.07) is 14.2. The number of halogens is 1. The van der Waals surface area contributed by atoms with Crippen molar-refractivity contribution in [1.82, 2.24) is 14.9 Å². The predicted molar refractivity (Wildman–Crippen MR) is 106 cm³/mol. The molecule has 0 spiro atoms. The van der Waals surface area contributed by atoms with Gasteiger partial charge in [-0.25, -0.2) is 14.4 Å². The van der Waals surface area contributed by atoms with Gasteiger partial charge in [0.2, 0.25) is 5.82 Å². The summed E-state index contributed by atoms with van der Waals surface area (Å²) in [5.41, 5.74) is 9.28. The van der Waals surface area contributed by atoms with Crippen LogP contribution in [0.3, 0.4) is 0 Å². The molecular formula is C22H21FN4O2. The van der Waals surface area contributed by atoms with E-state index in [1.165, 1.54) is 12.1 Å². The largest absolute Gasteiger partial charge is 0.489 e. The minimum Gasteiger partial charge on any atom is -0.489 e. The lowest BCUT2D eigenvalue weighted by Gasteiger charge is -2.27. The molecule has 2 aromatic carbocycles. The third-order valence-corrected chi connectivity index (χ3v) is 4.89. The molecule has 2 N–H and O–H groups in total. The molecule has 0 unspecified atom stereocenters. The van der Waals surface area contributed by atoms with Crippen LogP contribution < -0.4 is 10.5 Å². The Hall–Kier alpha value is -3.32. The molecule has 0 radical (unpaired) electrons. The van der Waals surface area contributed by atoms with Crippen LogP contribution in [0.5, 0.6) is 5.75 Å². The zero-order valence-corrected chi connectivity index (χ0v) is 15.8. The number of benzene rings is 2. The molecule has 0 saturated carbocycles. The van der Waals surface area contributed by atoms with E-state index in [0.717, 1.165) is 47.6 Å². The highest BCUT2D eigenvalue weighted by Crippen LogP contribution is 2.20. The fourth-order valence-corrected chi connectivity index (χ4v) is 3.31. The average Bonchev–Trinajstić information content (AvgIpc) is 2.74. The van der Waals surface area contributed by atoms with Crippen LogP contribution in [0.4, 0.5) is 4.39 Å². The molecule has 0 atom stereocenters. The van der Waals surface area contributed by atoms with E-state index in [9.17, 15) is 9.18 Å². The van der Waals surface area contributed by atoms with Gasteiger partial charge in [0.15, 0.2) is 0 Å². The Bertz CT molecular complexity index is 1010. The first kappa shape index (κ1) is 19.0. The highest BCUT2D eigenvalue weighted by molar-refractivity contribution is 5.88. The zero-order chi connectivity index (χ0) is 20.2. The van der Waals surface area contributed by atoms with E-state index in [0.29, 0.717) is 13.2 Å². The number of nitrogens with two attached hydrogens (primary N) is 1. The number of hydrogen-bond donors (Lipinski definition) is 1. The van der Waals surface area contributed by atoms with E-state index in [1.54, 1.807) is 18.3 Å². The van der Waals surface area contributed by atoms with Gasteiger partial charge in [-0.3, -0.25) is 9.69 Å². The van der Waals surface area contributed by atoms with Crippen LogP contribution in [-0.4, -0.2) is 27.3 Å². The Balaban J connectivity index is 1.34. The number of rotatable bonds is 6. The Morgan fingerprint density at radius 1 is 1.10 bits per heavy atom. The van der Waals surface area contributed by atoms with Gasteiger partial charge in [-0.05, 0) is 47.4 Å². The molecule has 0 saturated heterocycles. The van der Waals surface area contributed by atoms with Gasteiger partial charge in [-0.15, -0.1) is 0 Å². The predicted octanol–water partition coefficient (Wildman–Crippen LogP) is 2.85. The van der Waals surface area contributed by atoms with Gasteiger partial charge in [-0.2, -0.15) is 0 Å². The maximum Gasteiger partial charge on any atom is 0.286 e. The van der Waals surface area contributed by atoms with Crippen molar-refractivity contribution in [2.24, 2.45) is 5.73 Å². The maximum atomic E-state index is 13.0. The summed E-state index contributed by atoms with van der Waals surface area (Å²) in [6.45, 7) is 2.72. The maximum absolute atomic E-state index is 13.0. The Morgan fingerprint density at radius 2 is 1.83 bits per heavy atom. The van der Waals surface area contributed by atoms with Gasteiger partial charge in [0.1, 0.15) is 18.2 Å². The summed E-state index contributed by atoms with van der Waals surface area (Å²) in [6.07, 6.45) is 2.54. The highest BCUT2D eigenvalue weighted by atomic mass is 19.1. The average molecular weight is 392 g/mol. The quantitative estimate of drug-likeness (QED) is 0.698. The summed E-state index contributed by atoms with van der Waals surface area (Å²) >= 11 is 0. The van der Waals surface area contributed by atoms with E-state index >= 15 is 0 Å². The number of primary amides is 1. The molecule has 6 nitrogen and oxygen atoms in total. The van der Waals surface area contributed by atoms with Crippen molar-refractivity contribution < 1.29 is 13.9 Å². The van der Waals surface area contributed by atoms with Crippen molar-refractivity contribution in [1.29, 1.82) is 0 Å². The van der Waals surface area contributed by atoms with Gasteiger partial charge >= 0.3 is 0 Å². The number of hydrogen-bond acceptors (Lipinski definition) is 5. The summed E-state index contributed by atoms with van der Waals surface area (Å²) in [5.74, 6) is -0.0361. The summed E-state index contributed by atoms with van der Waals surface area (Å²) in [4.78, 5) is 21.9. The van der Waals surface area contributed by atoms with E-state index in [-0.39, 0.29) is 11.6 Å². The van der Waals surface area contributed by atoms with Gasteiger partial charge in [-0.1, -0.05) is 24.3 Å². The minimum atomic E-state index is -0.610. The van der Waals surface area contributed by atoms with Crippen LogP contribution in [0.1, 0.15) is 33.0 Å². The third-order valence-electron chi connectivity index (χ3n) is 4.89. The van der Waals surface area contributed by atoms with Crippen molar-refractivity contribution in [2.75, 3.05) is 6.54 Å². The molecule has 4 rings (SSSR count).